The third-order valence-electron chi connectivity index (χ3n) is 4.91. The van der Waals surface area contributed by atoms with E-state index in [1.165, 1.54) is 24.0 Å². The summed E-state index contributed by atoms with van der Waals surface area (Å²) in [5.74, 6) is 0. The fourth-order valence-electron chi connectivity index (χ4n) is 3.38. The molecule has 5 heteroatoms. The number of halogens is 1. The highest BCUT2D eigenvalue weighted by molar-refractivity contribution is 6.31. The van der Waals surface area contributed by atoms with E-state index in [2.05, 4.69) is 52.5 Å². The van der Waals surface area contributed by atoms with Crippen molar-refractivity contribution >= 4 is 22.6 Å². The number of hydrogen-bond acceptors (Lipinski definition) is 3. The molecule has 1 aromatic heterocycles. The Morgan fingerprint density at radius 3 is 2.79 bits per heavy atom. The maximum absolute atomic E-state index is 6.42. The Balaban J connectivity index is 1.62. The van der Waals surface area contributed by atoms with E-state index >= 15 is 0 Å². The number of aryl methyl sites for hydroxylation is 1. The van der Waals surface area contributed by atoms with Gasteiger partial charge >= 0.3 is 0 Å². The molecule has 4 nitrogen and oxygen atoms in total. The molecule has 1 saturated carbocycles. The van der Waals surface area contributed by atoms with Crippen molar-refractivity contribution in [1.82, 2.24) is 19.9 Å². The lowest BCUT2D eigenvalue weighted by Crippen LogP contribution is -2.29. The monoisotopic (exact) mass is 340 g/mol. The zero-order valence-corrected chi connectivity index (χ0v) is 14.7. The number of nitrogens with zero attached hydrogens (tertiary/aromatic N) is 4. The lowest BCUT2D eigenvalue weighted by atomic mass is 10.1. The molecule has 0 aliphatic heterocycles. The van der Waals surface area contributed by atoms with Gasteiger partial charge in [0.05, 0.1) is 5.52 Å². The van der Waals surface area contributed by atoms with E-state index in [9.17, 15) is 0 Å². The maximum Gasteiger partial charge on any atom is 0.113 e. The topological polar surface area (TPSA) is 34.0 Å². The van der Waals surface area contributed by atoms with E-state index in [1.807, 2.05) is 23.9 Å². The molecule has 1 aliphatic rings. The summed E-state index contributed by atoms with van der Waals surface area (Å²) in [6.07, 6.45) is 2.53. The summed E-state index contributed by atoms with van der Waals surface area (Å²) in [5.41, 5.74) is 4.49. The van der Waals surface area contributed by atoms with Crippen molar-refractivity contribution in [1.29, 1.82) is 0 Å². The fraction of sp³-hybridized carbons (Fsp3) is 0.368. The minimum atomic E-state index is 0.295. The van der Waals surface area contributed by atoms with Crippen LogP contribution in [0.25, 0.3) is 11.0 Å². The molecule has 1 heterocycles. The van der Waals surface area contributed by atoms with Crippen molar-refractivity contribution < 1.29 is 0 Å². The molecule has 24 heavy (non-hydrogen) atoms. The third kappa shape index (κ3) is 2.92. The van der Waals surface area contributed by atoms with Gasteiger partial charge in [-0.3, -0.25) is 4.90 Å². The molecule has 0 saturated heterocycles. The van der Waals surface area contributed by atoms with Gasteiger partial charge < -0.3 is 0 Å². The molecule has 3 aromatic rings. The predicted octanol–water partition coefficient (Wildman–Crippen LogP) is 4.35. The Labute approximate surface area is 147 Å². The highest BCUT2D eigenvalue weighted by Gasteiger charge is 2.33. The highest BCUT2D eigenvalue weighted by atomic mass is 35.5. The number of hydrogen-bond donors (Lipinski definition) is 0. The fourth-order valence-corrected chi connectivity index (χ4v) is 3.67. The molecule has 0 radical (unpaired) electrons. The quantitative estimate of drug-likeness (QED) is 0.692. The first-order chi connectivity index (χ1) is 11.6. The lowest BCUT2D eigenvalue weighted by Gasteiger charge is -2.30. The van der Waals surface area contributed by atoms with Crippen LogP contribution in [0.1, 0.15) is 36.9 Å². The highest BCUT2D eigenvalue weighted by Crippen LogP contribution is 2.37. The Morgan fingerprint density at radius 1 is 1.25 bits per heavy atom. The van der Waals surface area contributed by atoms with E-state index in [0.717, 1.165) is 22.6 Å². The van der Waals surface area contributed by atoms with E-state index in [1.54, 1.807) is 0 Å². The summed E-state index contributed by atoms with van der Waals surface area (Å²) < 4.78 is 1.81. The second-order valence-electron chi connectivity index (χ2n) is 6.64. The first-order valence-electron chi connectivity index (χ1n) is 8.42. The molecular formula is C19H21ClN4. The summed E-state index contributed by atoms with van der Waals surface area (Å²) in [5, 5.41) is 9.18. The predicted molar refractivity (Wildman–Crippen MR) is 96.9 cm³/mol. The Kier molecular flexibility index (Phi) is 4.02. The Hall–Kier alpha value is -1.91. The van der Waals surface area contributed by atoms with Gasteiger partial charge in [-0.2, -0.15) is 0 Å². The van der Waals surface area contributed by atoms with Crippen LogP contribution in [0.2, 0.25) is 5.02 Å². The molecule has 0 spiro atoms. The summed E-state index contributed by atoms with van der Waals surface area (Å²) in [4.78, 5) is 2.55. The molecule has 1 atom stereocenters. The largest absolute Gasteiger partial charge is 0.289 e. The first-order valence-corrected chi connectivity index (χ1v) is 8.80. The Morgan fingerprint density at radius 2 is 2.04 bits per heavy atom. The molecular weight excluding hydrogens is 320 g/mol. The van der Waals surface area contributed by atoms with Crippen LogP contribution in [-0.4, -0.2) is 25.9 Å². The van der Waals surface area contributed by atoms with Crippen LogP contribution in [-0.2, 0) is 13.6 Å². The van der Waals surface area contributed by atoms with Gasteiger partial charge in [-0.15, -0.1) is 5.10 Å². The average molecular weight is 341 g/mol. The van der Waals surface area contributed by atoms with Crippen molar-refractivity contribution in [3.8, 4) is 0 Å². The number of fused-ring (bicyclic) bond motifs is 1. The average Bonchev–Trinajstić information content (AvgIpc) is 3.36. The van der Waals surface area contributed by atoms with Gasteiger partial charge in [0.25, 0.3) is 0 Å². The maximum atomic E-state index is 6.42. The molecule has 1 fully saturated rings. The lowest BCUT2D eigenvalue weighted by molar-refractivity contribution is 0.191. The molecule has 1 aliphatic carbocycles. The number of rotatable bonds is 5. The van der Waals surface area contributed by atoms with Crippen molar-refractivity contribution in [2.24, 2.45) is 7.05 Å². The summed E-state index contributed by atoms with van der Waals surface area (Å²) in [6, 6.07) is 15.5. The van der Waals surface area contributed by atoms with Gasteiger partial charge in [-0.25, -0.2) is 4.68 Å². The summed E-state index contributed by atoms with van der Waals surface area (Å²) in [6.45, 7) is 3.16. The van der Waals surface area contributed by atoms with Crippen LogP contribution < -0.4 is 0 Å². The zero-order valence-electron chi connectivity index (χ0n) is 14.0. The molecule has 4 rings (SSSR count). The van der Waals surface area contributed by atoms with Gasteiger partial charge in [0.1, 0.15) is 5.52 Å². The minimum Gasteiger partial charge on any atom is -0.289 e. The summed E-state index contributed by atoms with van der Waals surface area (Å²) >= 11 is 6.42. The molecule has 0 amide bonds. The zero-order chi connectivity index (χ0) is 16.7. The van der Waals surface area contributed by atoms with Crippen LogP contribution in [0.15, 0.2) is 42.5 Å². The standard InChI is InChI=1S/C19H21ClN4/c1-13(16-5-3-4-6-17(16)20)24(15-8-9-15)12-14-7-10-19-18(11-14)21-22-23(19)2/h3-7,10-11,13,15H,8-9,12H2,1-2H3/t13-/m1/s1. The van der Waals surface area contributed by atoms with Crippen LogP contribution in [0.3, 0.4) is 0 Å². The van der Waals surface area contributed by atoms with E-state index in [4.69, 9.17) is 11.6 Å². The third-order valence-corrected chi connectivity index (χ3v) is 5.25. The molecule has 0 N–H and O–H groups in total. The second kappa shape index (κ2) is 6.19. The normalized spacial score (nSPS) is 16.0. The number of aromatic nitrogens is 3. The van der Waals surface area contributed by atoms with Crippen molar-refractivity contribution in [3.05, 3.63) is 58.6 Å². The van der Waals surface area contributed by atoms with E-state index in [-0.39, 0.29) is 0 Å². The minimum absolute atomic E-state index is 0.295. The molecule has 0 unspecified atom stereocenters. The van der Waals surface area contributed by atoms with E-state index in [0.29, 0.717) is 12.1 Å². The van der Waals surface area contributed by atoms with Gasteiger partial charge in [0, 0.05) is 30.7 Å². The van der Waals surface area contributed by atoms with Crippen molar-refractivity contribution in [2.75, 3.05) is 0 Å². The van der Waals surface area contributed by atoms with Gasteiger partial charge in [-0.05, 0) is 49.1 Å². The van der Waals surface area contributed by atoms with Crippen LogP contribution in [0, 0.1) is 0 Å². The van der Waals surface area contributed by atoms with Gasteiger partial charge in [0.2, 0.25) is 0 Å². The summed E-state index contributed by atoms with van der Waals surface area (Å²) in [7, 11) is 1.92. The van der Waals surface area contributed by atoms with Crippen LogP contribution in [0.5, 0.6) is 0 Å². The molecule has 0 bridgehead atoms. The van der Waals surface area contributed by atoms with Crippen LogP contribution in [0.4, 0.5) is 0 Å². The van der Waals surface area contributed by atoms with Gasteiger partial charge in [-0.1, -0.05) is 41.1 Å². The molecule has 2 aromatic carbocycles. The van der Waals surface area contributed by atoms with Crippen molar-refractivity contribution in [3.63, 3.8) is 0 Å². The second-order valence-corrected chi connectivity index (χ2v) is 7.04. The Bertz CT molecular complexity index is 869. The van der Waals surface area contributed by atoms with E-state index < -0.39 is 0 Å². The SMILES string of the molecule is C[C@H](c1ccccc1Cl)N(Cc1ccc2c(c1)nnn2C)C1CC1. The van der Waals surface area contributed by atoms with Gasteiger partial charge in [0.15, 0.2) is 0 Å². The molecule has 124 valence electrons. The number of benzene rings is 2. The van der Waals surface area contributed by atoms with Crippen molar-refractivity contribution in [2.45, 2.75) is 38.4 Å². The van der Waals surface area contributed by atoms with Crippen LogP contribution >= 0.6 is 11.6 Å². The first kappa shape index (κ1) is 15.6. The smallest absolute Gasteiger partial charge is 0.113 e.